The molecule has 0 radical (unpaired) electrons. The number of guanidine groups is 1. The van der Waals surface area contributed by atoms with Crippen molar-refractivity contribution >= 4 is 41.7 Å². The second kappa shape index (κ2) is 13.9. The highest BCUT2D eigenvalue weighted by molar-refractivity contribution is 14.0. The summed E-state index contributed by atoms with van der Waals surface area (Å²) in [6, 6.07) is 8.64. The van der Waals surface area contributed by atoms with Crippen LogP contribution < -0.4 is 10.6 Å². The Morgan fingerprint density at radius 1 is 1.13 bits per heavy atom. The van der Waals surface area contributed by atoms with Crippen molar-refractivity contribution in [2.75, 3.05) is 38.7 Å². The third kappa shape index (κ3) is 8.81. The van der Waals surface area contributed by atoms with E-state index in [2.05, 4.69) is 64.9 Å². The molecule has 0 bridgehead atoms. The molecule has 0 aliphatic heterocycles. The fourth-order valence-corrected chi connectivity index (χ4v) is 2.55. The number of nitrogens with zero attached hydrogens (tertiary/aromatic N) is 2. The number of hydrogen-bond donors (Lipinski definition) is 2. The van der Waals surface area contributed by atoms with Gasteiger partial charge in [-0.2, -0.15) is 11.8 Å². The van der Waals surface area contributed by atoms with Gasteiger partial charge in [-0.15, -0.1) is 24.0 Å². The summed E-state index contributed by atoms with van der Waals surface area (Å²) in [5.74, 6) is 1.95. The van der Waals surface area contributed by atoms with Crippen LogP contribution in [-0.4, -0.2) is 49.6 Å². The molecular weight excluding hydrogens is 419 g/mol. The SMILES string of the molecule is CCN(CC)Cc1ccccc1CNC(=NC)NCCSC.I. The molecule has 0 aromatic heterocycles. The standard InChI is InChI=1S/C17H30N4S.HI/c1-5-21(6-2)14-16-10-8-7-9-15(16)13-20-17(18-3)19-11-12-22-4;/h7-10H,5-6,11-14H2,1-4H3,(H2,18,19,20);1H. The van der Waals surface area contributed by atoms with E-state index in [9.17, 15) is 0 Å². The summed E-state index contributed by atoms with van der Waals surface area (Å²) < 4.78 is 0. The lowest BCUT2D eigenvalue weighted by Crippen LogP contribution is -2.38. The molecule has 0 unspecified atom stereocenters. The van der Waals surface area contributed by atoms with E-state index >= 15 is 0 Å². The molecule has 0 saturated heterocycles. The zero-order valence-corrected chi connectivity index (χ0v) is 17.9. The average Bonchev–Trinajstić information content (AvgIpc) is 2.56. The van der Waals surface area contributed by atoms with Crippen molar-refractivity contribution in [1.82, 2.24) is 15.5 Å². The first-order valence-electron chi connectivity index (χ1n) is 7.97. The minimum atomic E-state index is 0. The zero-order valence-electron chi connectivity index (χ0n) is 14.8. The van der Waals surface area contributed by atoms with Crippen LogP contribution in [0.1, 0.15) is 25.0 Å². The van der Waals surface area contributed by atoms with Gasteiger partial charge in [-0.1, -0.05) is 38.1 Å². The van der Waals surface area contributed by atoms with E-state index in [1.165, 1.54) is 11.1 Å². The second-order valence-electron chi connectivity index (χ2n) is 5.08. The van der Waals surface area contributed by atoms with Gasteiger partial charge in [0.2, 0.25) is 0 Å². The van der Waals surface area contributed by atoms with Gasteiger partial charge in [0.15, 0.2) is 5.96 Å². The van der Waals surface area contributed by atoms with Crippen LogP contribution in [0.2, 0.25) is 0 Å². The summed E-state index contributed by atoms with van der Waals surface area (Å²) in [6.07, 6.45) is 2.11. The molecule has 4 nitrogen and oxygen atoms in total. The van der Waals surface area contributed by atoms with Crippen LogP contribution in [0, 0.1) is 0 Å². The summed E-state index contributed by atoms with van der Waals surface area (Å²) >= 11 is 1.83. The Bertz CT molecular complexity index is 450. The van der Waals surface area contributed by atoms with Crippen molar-refractivity contribution in [2.24, 2.45) is 4.99 Å². The molecule has 0 fully saturated rings. The Hall–Kier alpha value is -0.470. The third-order valence-corrected chi connectivity index (χ3v) is 4.29. The molecule has 1 rings (SSSR count). The number of aliphatic imine (C=N–C) groups is 1. The van der Waals surface area contributed by atoms with Crippen LogP contribution in [-0.2, 0) is 13.1 Å². The summed E-state index contributed by atoms with van der Waals surface area (Å²) in [5, 5.41) is 6.74. The molecule has 0 aliphatic carbocycles. The van der Waals surface area contributed by atoms with E-state index in [0.717, 1.165) is 44.4 Å². The molecule has 1 aromatic rings. The summed E-state index contributed by atoms with van der Waals surface area (Å²) in [5.41, 5.74) is 2.72. The molecular formula is C17H31IN4S. The Kier molecular flexibility index (Phi) is 13.6. The lowest BCUT2D eigenvalue weighted by atomic mass is 10.1. The van der Waals surface area contributed by atoms with Gasteiger partial charge < -0.3 is 10.6 Å². The number of nitrogens with one attached hydrogen (secondary N) is 2. The number of rotatable bonds is 9. The molecule has 132 valence electrons. The lowest BCUT2D eigenvalue weighted by Gasteiger charge is -2.20. The van der Waals surface area contributed by atoms with Gasteiger partial charge in [-0.3, -0.25) is 9.89 Å². The van der Waals surface area contributed by atoms with Gasteiger partial charge in [-0.25, -0.2) is 0 Å². The Morgan fingerprint density at radius 2 is 1.78 bits per heavy atom. The molecule has 0 spiro atoms. The first kappa shape index (κ1) is 22.5. The van der Waals surface area contributed by atoms with E-state index in [4.69, 9.17) is 0 Å². The molecule has 0 atom stereocenters. The third-order valence-electron chi connectivity index (χ3n) is 3.68. The predicted octanol–water partition coefficient (Wildman–Crippen LogP) is 3.17. The number of hydrogen-bond acceptors (Lipinski definition) is 3. The quantitative estimate of drug-likeness (QED) is 0.263. The average molecular weight is 450 g/mol. The van der Waals surface area contributed by atoms with Crippen molar-refractivity contribution in [1.29, 1.82) is 0 Å². The first-order chi connectivity index (χ1) is 10.7. The topological polar surface area (TPSA) is 39.7 Å². The molecule has 23 heavy (non-hydrogen) atoms. The molecule has 2 N–H and O–H groups in total. The van der Waals surface area contributed by atoms with Crippen molar-refractivity contribution < 1.29 is 0 Å². The molecule has 0 saturated carbocycles. The minimum absolute atomic E-state index is 0. The van der Waals surface area contributed by atoms with Crippen molar-refractivity contribution in [3.05, 3.63) is 35.4 Å². The van der Waals surface area contributed by atoms with Gasteiger partial charge in [0.05, 0.1) is 0 Å². The van der Waals surface area contributed by atoms with E-state index < -0.39 is 0 Å². The van der Waals surface area contributed by atoms with Crippen LogP contribution in [0.15, 0.2) is 29.3 Å². The van der Waals surface area contributed by atoms with Crippen LogP contribution in [0.4, 0.5) is 0 Å². The van der Waals surface area contributed by atoms with Crippen molar-refractivity contribution in [3.8, 4) is 0 Å². The summed E-state index contributed by atoms with van der Waals surface area (Å²) in [4.78, 5) is 6.71. The summed E-state index contributed by atoms with van der Waals surface area (Å²) in [7, 11) is 1.82. The van der Waals surface area contributed by atoms with Gasteiger partial charge >= 0.3 is 0 Å². The molecule has 0 aliphatic rings. The second-order valence-corrected chi connectivity index (χ2v) is 6.06. The van der Waals surface area contributed by atoms with Gasteiger partial charge in [-0.05, 0) is 30.5 Å². The van der Waals surface area contributed by atoms with Crippen LogP contribution in [0.25, 0.3) is 0 Å². The van der Waals surface area contributed by atoms with Gasteiger partial charge in [0, 0.05) is 32.4 Å². The van der Waals surface area contributed by atoms with Crippen LogP contribution >= 0.6 is 35.7 Å². The lowest BCUT2D eigenvalue weighted by molar-refractivity contribution is 0.295. The maximum Gasteiger partial charge on any atom is 0.191 e. The Balaban J connectivity index is 0.00000484. The molecule has 1 aromatic carbocycles. The summed E-state index contributed by atoms with van der Waals surface area (Å²) in [6.45, 7) is 9.32. The van der Waals surface area contributed by atoms with E-state index in [-0.39, 0.29) is 24.0 Å². The van der Waals surface area contributed by atoms with Crippen molar-refractivity contribution in [3.63, 3.8) is 0 Å². The molecule has 0 amide bonds. The largest absolute Gasteiger partial charge is 0.356 e. The Labute approximate surface area is 162 Å². The molecule has 0 heterocycles. The van der Waals surface area contributed by atoms with E-state index in [1.807, 2.05) is 18.8 Å². The molecule has 6 heteroatoms. The number of thioether (sulfide) groups is 1. The van der Waals surface area contributed by atoms with E-state index in [0.29, 0.717) is 0 Å². The van der Waals surface area contributed by atoms with Crippen LogP contribution in [0.5, 0.6) is 0 Å². The number of halogens is 1. The monoisotopic (exact) mass is 450 g/mol. The predicted molar refractivity (Wildman–Crippen MR) is 115 cm³/mol. The fourth-order valence-electron chi connectivity index (χ4n) is 2.24. The minimum Gasteiger partial charge on any atom is -0.356 e. The Morgan fingerprint density at radius 3 is 2.35 bits per heavy atom. The maximum absolute atomic E-state index is 4.27. The highest BCUT2D eigenvalue weighted by Crippen LogP contribution is 2.11. The highest BCUT2D eigenvalue weighted by Gasteiger charge is 2.06. The van der Waals surface area contributed by atoms with Crippen LogP contribution in [0.3, 0.4) is 0 Å². The van der Waals surface area contributed by atoms with Gasteiger partial charge in [0.25, 0.3) is 0 Å². The normalized spacial score (nSPS) is 11.3. The van der Waals surface area contributed by atoms with Gasteiger partial charge in [0.1, 0.15) is 0 Å². The first-order valence-corrected chi connectivity index (χ1v) is 9.37. The maximum atomic E-state index is 4.27. The zero-order chi connectivity index (χ0) is 16.2. The highest BCUT2D eigenvalue weighted by atomic mass is 127. The number of benzene rings is 1. The fraction of sp³-hybridized carbons (Fsp3) is 0.588. The van der Waals surface area contributed by atoms with E-state index in [1.54, 1.807) is 0 Å². The van der Waals surface area contributed by atoms with Crippen molar-refractivity contribution in [2.45, 2.75) is 26.9 Å². The smallest absolute Gasteiger partial charge is 0.191 e.